The van der Waals surface area contributed by atoms with E-state index in [-0.39, 0.29) is 24.0 Å². The van der Waals surface area contributed by atoms with Crippen LogP contribution in [0.5, 0.6) is 5.75 Å². The molecule has 0 unspecified atom stereocenters. The molecule has 2 aliphatic rings. The number of benzene rings is 1. The Morgan fingerprint density at radius 3 is 2.75 bits per heavy atom. The highest BCUT2D eigenvalue weighted by molar-refractivity contribution is 6.04. The first kappa shape index (κ1) is 13.0. The molecule has 2 aliphatic heterocycles. The second kappa shape index (κ2) is 4.81. The molecule has 1 fully saturated rings. The smallest absolute Gasteiger partial charge is 0.324 e. The number of nitrogens with one attached hydrogen (secondary N) is 1. The Balaban J connectivity index is 1.68. The van der Waals surface area contributed by atoms with E-state index in [1.165, 1.54) is 4.90 Å². The maximum Gasteiger partial charge on any atom is 0.324 e. The van der Waals surface area contributed by atoms with Crippen LogP contribution in [-0.2, 0) is 11.2 Å². The fraction of sp³-hybridized carbons (Fsp3) is 0.467. The van der Waals surface area contributed by atoms with Gasteiger partial charge in [0.05, 0.1) is 6.54 Å². The lowest BCUT2D eigenvalue weighted by molar-refractivity contribution is -0.129. The van der Waals surface area contributed by atoms with E-state index in [4.69, 9.17) is 4.74 Å². The van der Waals surface area contributed by atoms with Crippen molar-refractivity contribution < 1.29 is 14.3 Å². The average Bonchev–Trinajstić information content (AvgIpc) is 2.94. The van der Waals surface area contributed by atoms with Gasteiger partial charge in [-0.3, -0.25) is 9.69 Å². The Morgan fingerprint density at radius 1 is 1.35 bits per heavy atom. The normalized spacial score (nSPS) is 24.9. The quantitative estimate of drug-likeness (QED) is 0.851. The third kappa shape index (κ3) is 2.13. The maximum atomic E-state index is 12.2. The summed E-state index contributed by atoms with van der Waals surface area (Å²) in [6, 6.07) is 7.09. The second-order valence-electron chi connectivity index (χ2n) is 5.67. The molecule has 5 nitrogen and oxygen atoms in total. The topological polar surface area (TPSA) is 58.6 Å². The fourth-order valence-electron chi connectivity index (χ4n) is 2.72. The largest absolute Gasteiger partial charge is 0.488 e. The zero-order valence-corrected chi connectivity index (χ0v) is 11.6. The molecule has 0 radical (unpaired) electrons. The van der Waals surface area contributed by atoms with E-state index in [2.05, 4.69) is 5.32 Å². The monoisotopic (exact) mass is 274 g/mol. The van der Waals surface area contributed by atoms with Gasteiger partial charge in [0, 0.05) is 6.42 Å². The van der Waals surface area contributed by atoms with Gasteiger partial charge in [-0.05, 0) is 17.5 Å². The van der Waals surface area contributed by atoms with E-state index in [0.717, 1.165) is 17.7 Å². The molecule has 5 heteroatoms. The molecule has 0 aliphatic carbocycles. The van der Waals surface area contributed by atoms with Crippen molar-refractivity contribution in [3.63, 3.8) is 0 Å². The van der Waals surface area contributed by atoms with Gasteiger partial charge in [0.25, 0.3) is 5.91 Å². The molecule has 1 aromatic carbocycles. The van der Waals surface area contributed by atoms with Gasteiger partial charge >= 0.3 is 6.03 Å². The number of hydrogen-bond donors (Lipinski definition) is 1. The van der Waals surface area contributed by atoms with Crippen LogP contribution in [-0.4, -0.2) is 35.5 Å². The fourth-order valence-corrected chi connectivity index (χ4v) is 2.72. The van der Waals surface area contributed by atoms with Gasteiger partial charge in [-0.2, -0.15) is 0 Å². The molecule has 1 aromatic rings. The van der Waals surface area contributed by atoms with Crippen LogP contribution in [0.4, 0.5) is 4.79 Å². The van der Waals surface area contributed by atoms with E-state index in [0.29, 0.717) is 6.54 Å². The summed E-state index contributed by atoms with van der Waals surface area (Å²) in [5, 5.41) is 2.73. The average molecular weight is 274 g/mol. The summed E-state index contributed by atoms with van der Waals surface area (Å²) in [5.74, 6) is 0.799. The van der Waals surface area contributed by atoms with Gasteiger partial charge in [-0.15, -0.1) is 0 Å². The minimum Gasteiger partial charge on any atom is -0.488 e. The van der Waals surface area contributed by atoms with Crippen LogP contribution in [0.25, 0.3) is 0 Å². The maximum absolute atomic E-state index is 12.2. The third-order valence-electron chi connectivity index (χ3n) is 3.82. The number of carbonyl (C=O) groups is 2. The van der Waals surface area contributed by atoms with Crippen molar-refractivity contribution >= 4 is 11.9 Å². The number of ether oxygens (including phenoxy) is 1. The molecule has 20 heavy (non-hydrogen) atoms. The number of urea groups is 1. The minimum atomic E-state index is -0.411. The molecule has 0 saturated carbocycles. The molecule has 0 bridgehead atoms. The van der Waals surface area contributed by atoms with E-state index < -0.39 is 6.04 Å². The Morgan fingerprint density at radius 2 is 2.10 bits per heavy atom. The summed E-state index contributed by atoms with van der Waals surface area (Å²) in [6.45, 7) is 4.16. The van der Waals surface area contributed by atoms with Gasteiger partial charge in [-0.1, -0.05) is 32.0 Å². The number of hydrogen-bond acceptors (Lipinski definition) is 3. The summed E-state index contributed by atoms with van der Waals surface area (Å²) in [7, 11) is 0. The number of imide groups is 1. The molecule has 0 spiro atoms. The summed E-state index contributed by atoms with van der Waals surface area (Å²) in [5.41, 5.74) is 1.13. The van der Waals surface area contributed by atoms with E-state index in [9.17, 15) is 9.59 Å². The molecular formula is C15H18N2O3. The summed E-state index contributed by atoms with van der Waals surface area (Å²) >= 11 is 0. The van der Waals surface area contributed by atoms with Crippen molar-refractivity contribution in [1.29, 1.82) is 0 Å². The number of carbonyl (C=O) groups excluding carboxylic acids is 2. The first-order valence-corrected chi connectivity index (χ1v) is 6.92. The molecule has 106 valence electrons. The van der Waals surface area contributed by atoms with Crippen molar-refractivity contribution in [2.75, 3.05) is 6.54 Å². The molecule has 1 N–H and O–H groups in total. The Kier molecular flexibility index (Phi) is 3.12. The van der Waals surface area contributed by atoms with Crippen LogP contribution < -0.4 is 10.1 Å². The molecule has 1 saturated heterocycles. The number of fused-ring (bicyclic) bond motifs is 1. The minimum absolute atomic E-state index is 0.0955. The third-order valence-corrected chi connectivity index (χ3v) is 3.82. The summed E-state index contributed by atoms with van der Waals surface area (Å²) < 4.78 is 5.79. The van der Waals surface area contributed by atoms with Crippen LogP contribution in [0.2, 0.25) is 0 Å². The first-order chi connectivity index (χ1) is 9.56. The Hall–Kier alpha value is -2.04. The zero-order valence-electron chi connectivity index (χ0n) is 11.6. The molecule has 3 rings (SSSR count). The highest BCUT2D eigenvalue weighted by Crippen LogP contribution is 2.29. The van der Waals surface area contributed by atoms with Crippen LogP contribution in [0, 0.1) is 5.92 Å². The van der Waals surface area contributed by atoms with E-state index in [1.54, 1.807) is 0 Å². The van der Waals surface area contributed by atoms with Crippen molar-refractivity contribution in [1.82, 2.24) is 10.2 Å². The molecule has 3 amide bonds. The van der Waals surface area contributed by atoms with Crippen LogP contribution >= 0.6 is 0 Å². The van der Waals surface area contributed by atoms with Crippen LogP contribution in [0.15, 0.2) is 24.3 Å². The lowest BCUT2D eigenvalue weighted by Crippen LogP contribution is -2.40. The molecule has 2 heterocycles. The molecule has 0 aromatic heterocycles. The number of nitrogens with zero attached hydrogens (tertiary/aromatic N) is 1. The predicted molar refractivity (Wildman–Crippen MR) is 73.4 cm³/mol. The van der Waals surface area contributed by atoms with Crippen LogP contribution in [0.3, 0.4) is 0 Å². The van der Waals surface area contributed by atoms with Crippen molar-refractivity contribution in [3.05, 3.63) is 29.8 Å². The highest BCUT2D eigenvalue weighted by atomic mass is 16.5. The molecule has 2 atom stereocenters. The SMILES string of the molecule is CC(C)[C@H]1NC(=O)N(C[C@@H]2Cc3ccccc3O2)C1=O. The van der Waals surface area contributed by atoms with Crippen molar-refractivity contribution in [3.8, 4) is 5.75 Å². The lowest BCUT2D eigenvalue weighted by Gasteiger charge is -2.18. The molecular weight excluding hydrogens is 256 g/mol. The summed E-state index contributed by atoms with van der Waals surface area (Å²) in [6.07, 6.45) is 0.590. The van der Waals surface area contributed by atoms with Crippen LogP contribution in [0.1, 0.15) is 19.4 Å². The van der Waals surface area contributed by atoms with Gasteiger partial charge < -0.3 is 10.1 Å². The summed E-state index contributed by atoms with van der Waals surface area (Å²) in [4.78, 5) is 25.4. The lowest BCUT2D eigenvalue weighted by atomic mass is 10.0. The Bertz CT molecular complexity index is 531. The van der Waals surface area contributed by atoms with E-state index in [1.807, 2.05) is 38.1 Å². The van der Waals surface area contributed by atoms with Gasteiger partial charge in [0.15, 0.2) is 0 Å². The van der Waals surface area contributed by atoms with E-state index >= 15 is 0 Å². The van der Waals surface area contributed by atoms with Gasteiger partial charge in [0.2, 0.25) is 0 Å². The first-order valence-electron chi connectivity index (χ1n) is 6.92. The Labute approximate surface area is 117 Å². The highest BCUT2D eigenvalue weighted by Gasteiger charge is 2.41. The standard InChI is InChI=1S/C15H18N2O3/c1-9(2)13-14(18)17(15(19)16-13)8-11-7-10-5-3-4-6-12(10)20-11/h3-6,9,11,13H,7-8H2,1-2H3,(H,16,19)/t11-,13+/m0/s1. The predicted octanol–water partition coefficient (Wildman–Crippen LogP) is 1.57. The second-order valence-corrected chi connectivity index (χ2v) is 5.67. The van der Waals surface area contributed by atoms with Crippen molar-refractivity contribution in [2.24, 2.45) is 5.92 Å². The van der Waals surface area contributed by atoms with Gasteiger partial charge in [0.1, 0.15) is 17.9 Å². The van der Waals surface area contributed by atoms with Gasteiger partial charge in [-0.25, -0.2) is 4.79 Å². The number of amides is 3. The number of para-hydroxylation sites is 1. The zero-order chi connectivity index (χ0) is 14.3. The number of rotatable bonds is 3. The van der Waals surface area contributed by atoms with Crippen molar-refractivity contribution in [2.45, 2.75) is 32.4 Å².